The van der Waals surface area contributed by atoms with E-state index >= 15 is 0 Å². The van der Waals surface area contributed by atoms with Crippen molar-refractivity contribution in [3.63, 3.8) is 0 Å². The minimum atomic E-state index is -0.482. The van der Waals surface area contributed by atoms with Crippen LogP contribution in [0.1, 0.15) is 49.5 Å². The SMILES string of the molecule is CC(C)(C)OC(=O)N1CCC2(CC1)CNC(=O)c1cc(Br)ccc12. The van der Waals surface area contributed by atoms with Crippen LogP contribution in [0, 0.1) is 0 Å². The lowest BCUT2D eigenvalue weighted by Gasteiger charge is -2.45. The molecule has 2 aliphatic rings. The molecule has 0 unspecified atom stereocenters. The molecule has 0 bridgehead atoms. The predicted octanol–water partition coefficient (Wildman–Crippen LogP) is 3.46. The van der Waals surface area contributed by atoms with Gasteiger partial charge in [0, 0.05) is 35.1 Å². The zero-order valence-corrected chi connectivity index (χ0v) is 15.9. The molecular weight excluding hydrogens is 372 g/mol. The van der Waals surface area contributed by atoms with Gasteiger partial charge in [0.25, 0.3) is 5.91 Å². The Kier molecular flexibility index (Phi) is 4.36. The first-order chi connectivity index (χ1) is 11.2. The average molecular weight is 395 g/mol. The minimum Gasteiger partial charge on any atom is -0.444 e. The second-order valence-electron chi connectivity index (χ2n) is 7.62. The molecule has 0 saturated carbocycles. The van der Waals surface area contributed by atoms with Crippen LogP contribution >= 0.6 is 15.9 Å². The molecule has 5 nitrogen and oxygen atoms in total. The number of amides is 2. The van der Waals surface area contributed by atoms with Crippen LogP contribution in [0.4, 0.5) is 4.79 Å². The third kappa shape index (κ3) is 3.29. The van der Waals surface area contributed by atoms with Crippen LogP contribution < -0.4 is 5.32 Å². The average Bonchev–Trinajstić information content (AvgIpc) is 2.50. The van der Waals surface area contributed by atoms with Gasteiger partial charge >= 0.3 is 6.09 Å². The molecule has 1 fully saturated rings. The van der Waals surface area contributed by atoms with Crippen molar-refractivity contribution in [2.45, 2.75) is 44.6 Å². The summed E-state index contributed by atoms with van der Waals surface area (Å²) in [6.45, 7) is 7.53. The fraction of sp³-hybridized carbons (Fsp3) is 0.556. The molecule has 1 aromatic carbocycles. The molecule has 130 valence electrons. The molecule has 0 aromatic heterocycles. The number of carbonyl (C=O) groups excluding carboxylic acids is 2. The number of halogens is 1. The van der Waals surface area contributed by atoms with Crippen LogP contribution in [-0.2, 0) is 10.2 Å². The summed E-state index contributed by atoms with van der Waals surface area (Å²) in [7, 11) is 0. The highest BCUT2D eigenvalue weighted by molar-refractivity contribution is 9.10. The molecule has 1 saturated heterocycles. The molecule has 24 heavy (non-hydrogen) atoms. The van der Waals surface area contributed by atoms with E-state index in [4.69, 9.17) is 4.74 Å². The number of hydrogen-bond donors (Lipinski definition) is 1. The van der Waals surface area contributed by atoms with Gasteiger partial charge in [-0.1, -0.05) is 22.0 Å². The van der Waals surface area contributed by atoms with Crippen molar-refractivity contribution in [3.05, 3.63) is 33.8 Å². The van der Waals surface area contributed by atoms with E-state index in [0.29, 0.717) is 19.6 Å². The number of fused-ring (bicyclic) bond motifs is 2. The number of ether oxygens (including phenoxy) is 1. The van der Waals surface area contributed by atoms with E-state index in [1.807, 2.05) is 39.0 Å². The van der Waals surface area contributed by atoms with Gasteiger partial charge < -0.3 is 15.0 Å². The fourth-order valence-corrected chi connectivity index (χ4v) is 3.86. The second kappa shape index (κ2) is 6.06. The number of carbonyl (C=O) groups is 2. The van der Waals surface area contributed by atoms with Crippen molar-refractivity contribution in [2.24, 2.45) is 0 Å². The Labute approximate surface area is 150 Å². The molecule has 6 heteroatoms. The summed E-state index contributed by atoms with van der Waals surface area (Å²) in [5.74, 6) is -0.0218. The summed E-state index contributed by atoms with van der Waals surface area (Å²) in [5.41, 5.74) is 1.26. The van der Waals surface area contributed by atoms with Crippen molar-refractivity contribution >= 4 is 27.9 Å². The molecule has 2 heterocycles. The number of piperidine rings is 1. The van der Waals surface area contributed by atoms with Crippen LogP contribution in [0.25, 0.3) is 0 Å². The van der Waals surface area contributed by atoms with Crippen molar-refractivity contribution < 1.29 is 14.3 Å². The van der Waals surface area contributed by atoms with Gasteiger partial charge in [-0.15, -0.1) is 0 Å². The van der Waals surface area contributed by atoms with E-state index in [0.717, 1.165) is 28.4 Å². The van der Waals surface area contributed by atoms with E-state index in [-0.39, 0.29) is 17.4 Å². The van der Waals surface area contributed by atoms with Gasteiger partial charge in [-0.05, 0) is 51.3 Å². The highest BCUT2D eigenvalue weighted by Crippen LogP contribution is 2.40. The summed E-state index contributed by atoms with van der Waals surface area (Å²) in [4.78, 5) is 26.2. The maximum absolute atomic E-state index is 12.3. The Balaban J connectivity index is 1.78. The van der Waals surface area contributed by atoms with Gasteiger partial charge in [0.1, 0.15) is 5.60 Å². The summed E-state index contributed by atoms with van der Waals surface area (Å²) in [5, 5.41) is 3.01. The summed E-state index contributed by atoms with van der Waals surface area (Å²) in [6, 6.07) is 5.91. The summed E-state index contributed by atoms with van der Waals surface area (Å²) >= 11 is 3.44. The van der Waals surface area contributed by atoms with Gasteiger partial charge in [0.05, 0.1) is 0 Å². The first-order valence-corrected chi connectivity index (χ1v) is 9.06. The third-order valence-corrected chi connectivity index (χ3v) is 5.25. The number of nitrogens with zero attached hydrogens (tertiary/aromatic N) is 1. The van der Waals surface area contributed by atoms with Crippen LogP contribution in [0.5, 0.6) is 0 Å². The number of rotatable bonds is 0. The maximum Gasteiger partial charge on any atom is 0.410 e. The zero-order valence-electron chi connectivity index (χ0n) is 14.3. The molecule has 0 aliphatic carbocycles. The normalized spacial score (nSPS) is 19.7. The zero-order chi connectivity index (χ0) is 17.5. The monoisotopic (exact) mass is 394 g/mol. The highest BCUT2D eigenvalue weighted by Gasteiger charge is 2.43. The van der Waals surface area contributed by atoms with Gasteiger partial charge in [0.2, 0.25) is 0 Å². The topological polar surface area (TPSA) is 58.6 Å². The number of benzene rings is 1. The quantitative estimate of drug-likeness (QED) is 0.732. The van der Waals surface area contributed by atoms with E-state index in [1.165, 1.54) is 0 Å². The van der Waals surface area contributed by atoms with Crippen molar-refractivity contribution in [1.82, 2.24) is 10.2 Å². The predicted molar refractivity (Wildman–Crippen MR) is 95.2 cm³/mol. The van der Waals surface area contributed by atoms with E-state index in [9.17, 15) is 9.59 Å². The van der Waals surface area contributed by atoms with Gasteiger partial charge in [0.15, 0.2) is 0 Å². The smallest absolute Gasteiger partial charge is 0.410 e. The summed E-state index contributed by atoms with van der Waals surface area (Å²) < 4.78 is 6.37. The van der Waals surface area contributed by atoms with Crippen LogP contribution in [0.3, 0.4) is 0 Å². The van der Waals surface area contributed by atoms with Gasteiger partial charge in [-0.2, -0.15) is 0 Å². The molecule has 2 aliphatic heterocycles. The number of likely N-dealkylation sites (tertiary alicyclic amines) is 1. The Morgan fingerprint density at radius 3 is 2.58 bits per heavy atom. The molecule has 2 amide bonds. The van der Waals surface area contributed by atoms with Crippen LogP contribution in [0.15, 0.2) is 22.7 Å². The highest BCUT2D eigenvalue weighted by atomic mass is 79.9. The summed E-state index contributed by atoms with van der Waals surface area (Å²) in [6.07, 6.45) is 1.38. The molecular formula is C18H23BrN2O3. The Bertz CT molecular complexity index is 673. The van der Waals surface area contributed by atoms with E-state index in [2.05, 4.69) is 21.2 Å². The standard InChI is InChI=1S/C18H23BrN2O3/c1-17(2,3)24-16(23)21-8-6-18(7-9-21)11-20-15(22)13-10-12(19)4-5-14(13)18/h4-5,10H,6-9,11H2,1-3H3,(H,20,22). The Morgan fingerprint density at radius 2 is 1.96 bits per heavy atom. The van der Waals surface area contributed by atoms with Crippen molar-refractivity contribution in [1.29, 1.82) is 0 Å². The maximum atomic E-state index is 12.3. The molecule has 1 N–H and O–H groups in total. The minimum absolute atomic E-state index is 0.0218. The Morgan fingerprint density at radius 1 is 1.29 bits per heavy atom. The molecule has 1 aromatic rings. The number of nitrogens with one attached hydrogen (secondary N) is 1. The fourth-order valence-electron chi connectivity index (χ4n) is 3.50. The van der Waals surface area contributed by atoms with Gasteiger partial charge in [-0.3, -0.25) is 4.79 Å². The lowest BCUT2D eigenvalue weighted by atomic mass is 9.69. The lowest BCUT2D eigenvalue weighted by Crippen LogP contribution is -2.54. The molecule has 0 atom stereocenters. The largest absolute Gasteiger partial charge is 0.444 e. The Hall–Kier alpha value is -1.56. The molecule has 3 rings (SSSR count). The first-order valence-electron chi connectivity index (χ1n) is 8.26. The molecule has 0 radical (unpaired) electrons. The number of hydrogen-bond acceptors (Lipinski definition) is 3. The lowest BCUT2D eigenvalue weighted by molar-refractivity contribution is 0.0158. The van der Waals surface area contributed by atoms with E-state index < -0.39 is 5.60 Å². The van der Waals surface area contributed by atoms with Gasteiger partial charge in [-0.25, -0.2) is 4.79 Å². The van der Waals surface area contributed by atoms with Crippen molar-refractivity contribution in [2.75, 3.05) is 19.6 Å². The second-order valence-corrected chi connectivity index (χ2v) is 8.54. The molecule has 1 spiro atoms. The van der Waals surface area contributed by atoms with Crippen LogP contribution in [0.2, 0.25) is 0 Å². The van der Waals surface area contributed by atoms with E-state index in [1.54, 1.807) is 4.90 Å². The van der Waals surface area contributed by atoms with Crippen LogP contribution in [-0.4, -0.2) is 42.1 Å². The third-order valence-electron chi connectivity index (χ3n) is 4.76. The first kappa shape index (κ1) is 17.3. The van der Waals surface area contributed by atoms with Crippen molar-refractivity contribution in [3.8, 4) is 0 Å².